The molecule has 0 spiro atoms. The Balaban J connectivity index is 1.53. The van der Waals surface area contributed by atoms with E-state index in [1.54, 1.807) is 41.8 Å². The zero-order valence-corrected chi connectivity index (χ0v) is 17.7. The Hall–Kier alpha value is -3.04. The monoisotopic (exact) mass is 425 g/mol. The van der Waals surface area contributed by atoms with E-state index in [0.29, 0.717) is 10.8 Å². The van der Waals surface area contributed by atoms with Gasteiger partial charge in [-0.1, -0.05) is 18.2 Å². The van der Waals surface area contributed by atoms with Gasteiger partial charge in [-0.3, -0.25) is 9.59 Å². The number of morpholine rings is 1. The second-order valence-corrected chi connectivity index (χ2v) is 8.31. The zero-order chi connectivity index (χ0) is 21.1. The van der Waals surface area contributed by atoms with E-state index in [2.05, 4.69) is 20.5 Å². The topological polar surface area (TPSA) is 88.8 Å². The second-order valence-electron chi connectivity index (χ2n) is 7.21. The van der Waals surface area contributed by atoms with Crippen molar-refractivity contribution in [1.82, 2.24) is 15.2 Å². The Bertz CT molecular complexity index is 1140. The summed E-state index contributed by atoms with van der Waals surface area (Å²) >= 11 is 1.61. The molecule has 0 radical (unpaired) electrons. The number of fused-ring (bicyclic) bond motifs is 1. The third-order valence-electron chi connectivity index (χ3n) is 4.83. The van der Waals surface area contributed by atoms with E-state index >= 15 is 0 Å². The molecule has 0 aliphatic carbocycles. The number of nitrogens with zero attached hydrogens (tertiary/aromatic N) is 4. The number of ether oxygens (including phenoxy) is 1. The molecule has 3 heterocycles. The average molecular weight is 426 g/mol. The lowest BCUT2D eigenvalue weighted by Crippen LogP contribution is -2.35. The van der Waals surface area contributed by atoms with Crippen LogP contribution in [0.1, 0.15) is 35.3 Å². The summed E-state index contributed by atoms with van der Waals surface area (Å²) in [7, 11) is 0. The summed E-state index contributed by atoms with van der Waals surface area (Å²) in [6, 6.07) is 10.8. The van der Waals surface area contributed by atoms with E-state index in [9.17, 15) is 9.59 Å². The largest absolute Gasteiger partial charge is 0.378 e. The number of anilines is 1. The predicted octanol–water partition coefficient (Wildman–Crippen LogP) is 2.64. The van der Waals surface area contributed by atoms with Crippen molar-refractivity contribution < 1.29 is 9.53 Å². The molecule has 1 aliphatic heterocycles. The van der Waals surface area contributed by atoms with Gasteiger partial charge in [0.05, 0.1) is 35.9 Å². The summed E-state index contributed by atoms with van der Waals surface area (Å²) in [5.74, 6) is -0.457. The number of thiophene rings is 1. The van der Waals surface area contributed by atoms with Gasteiger partial charge in [0.25, 0.3) is 11.5 Å². The van der Waals surface area contributed by atoms with Crippen LogP contribution in [0, 0.1) is 0 Å². The Kier molecular flexibility index (Phi) is 5.91. The Morgan fingerprint density at radius 1 is 1.20 bits per heavy atom. The molecule has 8 nitrogen and oxygen atoms in total. The van der Waals surface area contributed by atoms with Crippen molar-refractivity contribution in [2.24, 2.45) is 5.10 Å². The van der Waals surface area contributed by atoms with E-state index in [0.717, 1.165) is 36.2 Å². The number of carbonyl (C=O) groups is 1. The molecular formula is C21H23N5O3S. The first-order valence-corrected chi connectivity index (χ1v) is 10.6. The summed E-state index contributed by atoms with van der Waals surface area (Å²) < 4.78 is 6.71. The van der Waals surface area contributed by atoms with Crippen molar-refractivity contribution in [3.05, 3.63) is 57.3 Å². The van der Waals surface area contributed by atoms with Crippen LogP contribution in [0.25, 0.3) is 10.8 Å². The molecule has 1 aromatic carbocycles. The number of hydrazone groups is 1. The second kappa shape index (κ2) is 8.76. The highest BCUT2D eigenvalue weighted by molar-refractivity contribution is 7.17. The van der Waals surface area contributed by atoms with Gasteiger partial charge >= 0.3 is 0 Å². The number of hydrogen-bond donors (Lipinski definition) is 1. The summed E-state index contributed by atoms with van der Waals surface area (Å²) in [6.07, 6.45) is 1.62. The van der Waals surface area contributed by atoms with Crippen molar-refractivity contribution in [2.75, 3.05) is 31.2 Å². The van der Waals surface area contributed by atoms with Gasteiger partial charge in [0, 0.05) is 23.4 Å². The molecular weight excluding hydrogens is 402 g/mol. The molecule has 0 saturated carbocycles. The fourth-order valence-corrected chi connectivity index (χ4v) is 4.23. The molecule has 1 amide bonds. The first-order valence-electron chi connectivity index (χ1n) is 9.82. The maximum Gasteiger partial charge on any atom is 0.292 e. The van der Waals surface area contributed by atoms with Crippen LogP contribution < -0.4 is 15.9 Å². The highest BCUT2D eigenvalue weighted by Gasteiger charge is 2.17. The van der Waals surface area contributed by atoms with Crippen molar-refractivity contribution in [2.45, 2.75) is 19.9 Å². The highest BCUT2D eigenvalue weighted by atomic mass is 32.1. The van der Waals surface area contributed by atoms with Crippen molar-refractivity contribution in [3.8, 4) is 0 Å². The highest BCUT2D eigenvalue weighted by Crippen LogP contribution is 2.25. The smallest absolute Gasteiger partial charge is 0.292 e. The number of benzene rings is 1. The van der Waals surface area contributed by atoms with Gasteiger partial charge in [-0.25, -0.2) is 10.1 Å². The maximum absolute atomic E-state index is 12.8. The Morgan fingerprint density at radius 3 is 2.67 bits per heavy atom. The molecule has 9 heteroatoms. The van der Waals surface area contributed by atoms with E-state index in [4.69, 9.17) is 4.74 Å². The fraction of sp³-hybridized carbons (Fsp3) is 0.333. The molecule has 30 heavy (non-hydrogen) atoms. The minimum atomic E-state index is -0.457. The van der Waals surface area contributed by atoms with Crippen LogP contribution in [-0.2, 0) is 4.74 Å². The molecule has 0 atom stereocenters. The summed E-state index contributed by atoms with van der Waals surface area (Å²) in [5.41, 5.74) is 2.50. The first-order chi connectivity index (χ1) is 14.5. The number of nitrogens with one attached hydrogen (secondary N) is 1. The van der Waals surface area contributed by atoms with Crippen molar-refractivity contribution in [1.29, 1.82) is 0 Å². The molecule has 0 bridgehead atoms. The number of hydrogen-bond acceptors (Lipinski definition) is 7. The molecule has 2 aromatic heterocycles. The van der Waals surface area contributed by atoms with Crippen LogP contribution in [0.15, 0.2) is 46.3 Å². The minimum absolute atomic E-state index is 0.165. The van der Waals surface area contributed by atoms with Gasteiger partial charge in [-0.15, -0.1) is 11.3 Å². The lowest BCUT2D eigenvalue weighted by atomic mass is 10.1. The van der Waals surface area contributed by atoms with Crippen LogP contribution in [-0.4, -0.2) is 48.2 Å². The van der Waals surface area contributed by atoms with Crippen LogP contribution in [0.5, 0.6) is 0 Å². The van der Waals surface area contributed by atoms with E-state index in [1.165, 1.54) is 4.68 Å². The first kappa shape index (κ1) is 20.2. The molecule has 1 fully saturated rings. The number of rotatable bonds is 5. The van der Waals surface area contributed by atoms with Gasteiger partial charge in [0.15, 0.2) is 5.69 Å². The van der Waals surface area contributed by atoms with Crippen LogP contribution in [0.3, 0.4) is 0 Å². The molecule has 1 aliphatic rings. The third-order valence-corrected chi connectivity index (χ3v) is 5.91. The quantitative estimate of drug-likeness (QED) is 0.501. The average Bonchev–Trinajstić information content (AvgIpc) is 3.23. The summed E-state index contributed by atoms with van der Waals surface area (Å²) in [4.78, 5) is 28.6. The molecule has 156 valence electrons. The molecule has 0 unspecified atom stereocenters. The fourth-order valence-electron chi connectivity index (χ4n) is 3.30. The standard InChI is InChI=1S/C21H23N5O3S/c1-14(2)26-21(28)17-6-4-3-5-16(17)19(24-26)20(27)23-22-13-15-7-8-18(30-15)25-9-11-29-12-10-25/h3-8,13-14H,9-12H2,1-2H3,(H,23,27). The van der Waals surface area contributed by atoms with E-state index in [1.807, 2.05) is 26.0 Å². The number of carbonyl (C=O) groups excluding carboxylic acids is 1. The van der Waals surface area contributed by atoms with Gasteiger partial charge in [-0.2, -0.15) is 10.2 Å². The summed E-state index contributed by atoms with van der Waals surface area (Å²) in [5, 5.41) is 10.5. The van der Waals surface area contributed by atoms with Crippen LogP contribution in [0.2, 0.25) is 0 Å². The molecule has 3 aromatic rings. The molecule has 4 rings (SSSR count). The van der Waals surface area contributed by atoms with Gasteiger partial charge in [0.1, 0.15) is 0 Å². The number of aromatic nitrogens is 2. The lowest BCUT2D eigenvalue weighted by molar-refractivity contribution is 0.0949. The lowest BCUT2D eigenvalue weighted by Gasteiger charge is -2.27. The molecule has 1 N–H and O–H groups in total. The van der Waals surface area contributed by atoms with Crippen molar-refractivity contribution in [3.63, 3.8) is 0 Å². The van der Waals surface area contributed by atoms with E-state index in [-0.39, 0.29) is 17.3 Å². The maximum atomic E-state index is 12.8. The third kappa shape index (κ3) is 4.12. The van der Waals surface area contributed by atoms with Gasteiger partial charge in [-0.05, 0) is 32.0 Å². The van der Waals surface area contributed by atoms with E-state index < -0.39 is 5.91 Å². The van der Waals surface area contributed by atoms with Crippen molar-refractivity contribution >= 4 is 39.2 Å². The van der Waals surface area contributed by atoms with Gasteiger partial charge < -0.3 is 9.64 Å². The normalized spacial score (nSPS) is 14.7. The SMILES string of the molecule is CC(C)n1nc(C(=O)NN=Cc2ccc(N3CCOCC3)s2)c2ccccc2c1=O. The Labute approximate surface area is 177 Å². The molecule has 1 saturated heterocycles. The van der Waals surface area contributed by atoms with Crippen LogP contribution in [0.4, 0.5) is 5.00 Å². The zero-order valence-electron chi connectivity index (χ0n) is 16.9. The van der Waals surface area contributed by atoms with Crippen LogP contribution >= 0.6 is 11.3 Å². The predicted molar refractivity (Wildman–Crippen MR) is 119 cm³/mol. The minimum Gasteiger partial charge on any atom is -0.378 e. The van der Waals surface area contributed by atoms with Gasteiger partial charge in [0.2, 0.25) is 0 Å². The number of amides is 1. The summed E-state index contributed by atoms with van der Waals surface area (Å²) in [6.45, 7) is 6.92. The Morgan fingerprint density at radius 2 is 1.93 bits per heavy atom.